The molecule has 0 atom stereocenters. The summed E-state index contributed by atoms with van der Waals surface area (Å²) in [7, 11) is 0. The molecular formula is C15H13F4NO. The molecule has 0 fully saturated rings. The molecule has 0 saturated heterocycles. The van der Waals surface area contributed by atoms with Crippen LogP contribution < -0.4 is 10.5 Å². The van der Waals surface area contributed by atoms with Gasteiger partial charge in [-0.05, 0) is 42.3 Å². The first-order valence-corrected chi connectivity index (χ1v) is 6.12. The predicted molar refractivity (Wildman–Crippen MR) is 71.3 cm³/mol. The zero-order valence-electron chi connectivity index (χ0n) is 11.2. The average molecular weight is 299 g/mol. The van der Waals surface area contributed by atoms with Gasteiger partial charge in [0.1, 0.15) is 18.2 Å². The SMILES string of the molecule is Cc1c(N)cccc1COc1ccc(F)c(C(F)(F)F)c1. The summed E-state index contributed by atoms with van der Waals surface area (Å²) in [6, 6.07) is 7.76. The maximum atomic E-state index is 13.2. The Morgan fingerprint density at radius 3 is 2.52 bits per heavy atom. The zero-order valence-corrected chi connectivity index (χ0v) is 11.2. The highest BCUT2D eigenvalue weighted by molar-refractivity contribution is 5.49. The van der Waals surface area contributed by atoms with Gasteiger partial charge in [-0.3, -0.25) is 0 Å². The second-order valence-corrected chi connectivity index (χ2v) is 4.56. The van der Waals surface area contributed by atoms with Crippen LogP contribution in [-0.4, -0.2) is 0 Å². The number of nitrogens with two attached hydrogens (primary N) is 1. The molecule has 0 aliphatic carbocycles. The molecule has 0 spiro atoms. The van der Waals surface area contributed by atoms with Crippen LogP contribution in [-0.2, 0) is 12.8 Å². The van der Waals surface area contributed by atoms with Crippen LogP contribution >= 0.6 is 0 Å². The van der Waals surface area contributed by atoms with Gasteiger partial charge < -0.3 is 10.5 Å². The van der Waals surface area contributed by atoms with Crippen LogP contribution in [0.25, 0.3) is 0 Å². The van der Waals surface area contributed by atoms with Gasteiger partial charge in [0.25, 0.3) is 0 Å². The van der Waals surface area contributed by atoms with Crippen LogP contribution in [0.2, 0.25) is 0 Å². The van der Waals surface area contributed by atoms with E-state index in [0.717, 1.165) is 23.3 Å². The third-order valence-corrected chi connectivity index (χ3v) is 3.13. The average Bonchev–Trinajstić information content (AvgIpc) is 2.40. The topological polar surface area (TPSA) is 35.2 Å². The second kappa shape index (κ2) is 5.63. The van der Waals surface area contributed by atoms with E-state index in [2.05, 4.69) is 0 Å². The van der Waals surface area contributed by atoms with Gasteiger partial charge in [-0.15, -0.1) is 0 Å². The van der Waals surface area contributed by atoms with Crippen LogP contribution in [0.5, 0.6) is 5.75 Å². The molecule has 0 radical (unpaired) electrons. The largest absolute Gasteiger partial charge is 0.489 e. The Morgan fingerprint density at radius 2 is 1.86 bits per heavy atom. The Morgan fingerprint density at radius 1 is 1.14 bits per heavy atom. The van der Waals surface area contributed by atoms with Crippen LogP contribution in [0.3, 0.4) is 0 Å². The molecule has 2 aromatic rings. The summed E-state index contributed by atoms with van der Waals surface area (Å²) in [5.41, 5.74) is 6.53. The molecule has 21 heavy (non-hydrogen) atoms. The molecule has 0 aliphatic rings. The third kappa shape index (κ3) is 3.45. The van der Waals surface area contributed by atoms with Crippen molar-refractivity contribution >= 4 is 5.69 Å². The van der Waals surface area contributed by atoms with E-state index in [4.69, 9.17) is 10.5 Å². The van der Waals surface area contributed by atoms with Crippen molar-refractivity contribution in [3.05, 3.63) is 58.9 Å². The number of alkyl halides is 3. The molecule has 6 heteroatoms. The minimum Gasteiger partial charge on any atom is -0.489 e. The maximum Gasteiger partial charge on any atom is 0.419 e. The van der Waals surface area contributed by atoms with Gasteiger partial charge in [0, 0.05) is 5.69 Å². The van der Waals surface area contributed by atoms with Crippen LogP contribution in [0.1, 0.15) is 16.7 Å². The smallest absolute Gasteiger partial charge is 0.419 e. The molecule has 2 rings (SSSR count). The molecule has 0 saturated carbocycles. The van der Waals surface area contributed by atoms with Crippen LogP contribution in [0, 0.1) is 12.7 Å². The molecule has 112 valence electrons. The van der Waals surface area contributed by atoms with Crippen molar-refractivity contribution < 1.29 is 22.3 Å². The van der Waals surface area contributed by atoms with Gasteiger partial charge in [0.15, 0.2) is 0 Å². The Kier molecular flexibility index (Phi) is 4.06. The minimum absolute atomic E-state index is 0.0504. The highest BCUT2D eigenvalue weighted by atomic mass is 19.4. The van der Waals surface area contributed by atoms with Crippen molar-refractivity contribution in [1.82, 2.24) is 0 Å². The summed E-state index contributed by atoms with van der Waals surface area (Å²) in [6.07, 6.45) is -4.75. The third-order valence-electron chi connectivity index (χ3n) is 3.13. The minimum atomic E-state index is -4.75. The van der Waals surface area contributed by atoms with Crippen LogP contribution in [0.4, 0.5) is 23.2 Å². The fourth-order valence-corrected chi connectivity index (χ4v) is 1.83. The summed E-state index contributed by atoms with van der Waals surface area (Å²) < 4.78 is 56.2. The first-order valence-electron chi connectivity index (χ1n) is 6.12. The zero-order chi connectivity index (χ0) is 15.6. The van der Waals surface area contributed by atoms with Gasteiger partial charge in [-0.25, -0.2) is 4.39 Å². The van der Waals surface area contributed by atoms with Gasteiger partial charge in [-0.2, -0.15) is 13.2 Å². The summed E-state index contributed by atoms with van der Waals surface area (Å²) in [5, 5.41) is 0. The fourth-order valence-electron chi connectivity index (χ4n) is 1.83. The number of nitrogen functional groups attached to an aromatic ring is 1. The maximum absolute atomic E-state index is 13.2. The Bertz CT molecular complexity index is 653. The highest BCUT2D eigenvalue weighted by Crippen LogP contribution is 2.33. The normalized spacial score (nSPS) is 11.5. The lowest BCUT2D eigenvalue weighted by atomic mass is 10.1. The summed E-state index contributed by atoms with van der Waals surface area (Å²) in [6.45, 7) is 1.85. The van der Waals surface area contributed by atoms with Crippen LogP contribution in [0.15, 0.2) is 36.4 Å². The number of anilines is 1. The molecule has 0 aliphatic heterocycles. The van der Waals surface area contributed by atoms with Gasteiger partial charge in [0.05, 0.1) is 5.56 Å². The lowest BCUT2D eigenvalue weighted by Crippen LogP contribution is -2.08. The van der Waals surface area contributed by atoms with Crippen molar-refractivity contribution in [1.29, 1.82) is 0 Å². The molecule has 0 bridgehead atoms. The predicted octanol–water partition coefficient (Wildman–Crippen LogP) is 4.31. The number of benzene rings is 2. The number of rotatable bonds is 3. The summed E-state index contributed by atoms with van der Waals surface area (Å²) >= 11 is 0. The van der Waals surface area contributed by atoms with E-state index in [-0.39, 0.29) is 12.4 Å². The molecule has 0 amide bonds. The van der Waals surface area contributed by atoms with E-state index < -0.39 is 17.6 Å². The Balaban J connectivity index is 2.19. The van der Waals surface area contributed by atoms with Crippen molar-refractivity contribution in [2.24, 2.45) is 0 Å². The number of halogens is 4. The Hall–Kier alpha value is -2.24. The fraction of sp³-hybridized carbons (Fsp3) is 0.200. The standard InChI is InChI=1S/C15H13F4NO/c1-9-10(3-2-4-14(9)20)8-21-11-5-6-13(16)12(7-11)15(17,18)19/h2-7H,8,20H2,1H3. The molecule has 0 aromatic heterocycles. The quantitative estimate of drug-likeness (QED) is 0.677. The molecule has 2 N–H and O–H groups in total. The van der Waals surface area contributed by atoms with Gasteiger partial charge in [0.2, 0.25) is 0 Å². The lowest BCUT2D eigenvalue weighted by Gasteiger charge is -2.13. The molecule has 0 unspecified atom stereocenters. The van der Waals surface area contributed by atoms with E-state index in [0.29, 0.717) is 11.8 Å². The molecule has 0 heterocycles. The second-order valence-electron chi connectivity index (χ2n) is 4.56. The number of hydrogen-bond acceptors (Lipinski definition) is 2. The molecular weight excluding hydrogens is 286 g/mol. The van der Waals surface area contributed by atoms with E-state index in [1.165, 1.54) is 0 Å². The Labute approximate surface area is 119 Å². The first-order chi connectivity index (χ1) is 9.79. The molecule has 2 aromatic carbocycles. The van der Waals surface area contributed by atoms with E-state index in [9.17, 15) is 17.6 Å². The van der Waals surface area contributed by atoms with E-state index in [1.54, 1.807) is 25.1 Å². The summed E-state index contributed by atoms with van der Waals surface area (Å²) in [5.74, 6) is -1.37. The van der Waals surface area contributed by atoms with Gasteiger partial charge >= 0.3 is 6.18 Å². The number of ether oxygens (including phenoxy) is 1. The lowest BCUT2D eigenvalue weighted by molar-refractivity contribution is -0.140. The van der Waals surface area contributed by atoms with Crippen molar-refractivity contribution in [3.8, 4) is 5.75 Å². The van der Waals surface area contributed by atoms with Crippen molar-refractivity contribution in [2.75, 3.05) is 5.73 Å². The first kappa shape index (κ1) is 15.2. The van der Waals surface area contributed by atoms with Crippen molar-refractivity contribution in [3.63, 3.8) is 0 Å². The number of hydrogen-bond donors (Lipinski definition) is 1. The highest BCUT2D eigenvalue weighted by Gasteiger charge is 2.34. The van der Waals surface area contributed by atoms with E-state index >= 15 is 0 Å². The van der Waals surface area contributed by atoms with Crippen molar-refractivity contribution in [2.45, 2.75) is 19.7 Å². The van der Waals surface area contributed by atoms with E-state index in [1.807, 2.05) is 0 Å². The summed E-state index contributed by atoms with van der Waals surface area (Å²) in [4.78, 5) is 0. The van der Waals surface area contributed by atoms with Gasteiger partial charge in [-0.1, -0.05) is 12.1 Å². The molecule has 2 nitrogen and oxygen atoms in total. The monoisotopic (exact) mass is 299 g/mol.